The quantitative estimate of drug-likeness (QED) is 0.462. The molecule has 3 aromatic heterocycles. The first-order valence-corrected chi connectivity index (χ1v) is 9.65. The van der Waals surface area contributed by atoms with Crippen molar-refractivity contribution in [2.75, 3.05) is 11.9 Å². The smallest absolute Gasteiger partial charge is 0.374 e. The molecule has 0 aliphatic rings. The van der Waals surface area contributed by atoms with Gasteiger partial charge in [0, 0.05) is 18.5 Å². The number of hydrogen-bond acceptors (Lipinski definition) is 6. The van der Waals surface area contributed by atoms with Crippen LogP contribution in [0.4, 0.5) is 5.82 Å². The van der Waals surface area contributed by atoms with E-state index in [1.165, 1.54) is 6.07 Å². The number of carbonyl (C=O) groups excluding carboxylic acids is 2. The number of amides is 1. The van der Waals surface area contributed by atoms with Crippen LogP contribution in [0, 0.1) is 13.8 Å². The maximum absolute atomic E-state index is 12.3. The summed E-state index contributed by atoms with van der Waals surface area (Å²) in [6.07, 6.45) is 3.44. The van der Waals surface area contributed by atoms with Crippen molar-refractivity contribution in [1.82, 2.24) is 19.6 Å². The van der Waals surface area contributed by atoms with E-state index >= 15 is 0 Å². The van der Waals surface area contributed by atoms with Gasteiger partial charge in [-0.3, -0.25) is 9.48 Å². The highest BCUT2D eigenvalue weighted by molar-refractivity contribution is 5.94. The SMILES string of the molecule is Cc1ccc(-n2nc(C)cc2NC(=O)COC(=O)c2ccc(Cn3cccn3)o2)cc1. The largest absolute Gasteiger partial charge is 0.452 e. The van der Waals surface area contributed by atoms with Gasteiger partial charge < -0.3 is 14.5 Å². The highest BCUT2D eigenvalue weighted by Gasteiger charge is 2.16. The number of carbonyl (C=O) groups is 2. The number of nitrogens with one attached hydrogen (secondary N) is 1. The second kappa shape index (κ2) is 8.70. The summed E-state index contributed by atoms with van der Waals surface area (Å²) in [6.45, 7) is 3.77. The molecule has 4 rings (SSSR count). The fourth-order valence-corrected chi connectivity index (χ4v) is 2.98. The first kappa shape index (κ1) is 20.1. The molecule has 0 saturated carbocycles. The van der Waals surface area contributed by atoms with Gasteiger partial charge in [-0.1, -0.05) is 17.7 Å². The number of ether oxygens (including phenoxy) is 1. The molecule has 0 aliphatic carbocycles. The summed E-state index contributed by atoms with van der Waals surface area (Å²) in [4.78, 5) is 24.5. The Morgan fingerprint density at radius 3 is 2.68 bits per heavy atom. The van der Waals surface area contributed by atoms with Crippen molar-refractivity contribution in [3.8, 4) is 5.69 Å². The first-order valence-electron chi connectivity index (χ1n) is 9.65. The van der Waals surface area contributed by atoms with Crippen LogP contribution in [0.15, 0.2) is 65.3 Å². The Kier molecular flexibility index (Phi) is 5.65. The fourth-order valence-electron chi connectivity index (χ4n) is 2.98. The molecule has 1 aromatic carbocycles. The molecular weight excluding hydrogens is 398 g/mol. The Bertz CT molecular complexity index is 1190. The second-order valence-electron chi connectivity index (χ2n) is 7.01. The maximum Gasteiger partial charge on any atom is 0.374 e. The zero-order valence-corrected chi connectivity index (χ0v) is 17.1. The first-order chi connectivity index (χ1) is 15.0. The van der Waals surface area contributed by atoms with Crippen LogP contribution in [0.1, 0.15) is 27.6 Å². The molecule has 158 valence electrons. The molecule has 0 saturated heterocycles. The predicted octanol–water partition coefficient (Wildman–Crippen LogP) is 3.12. The van der Waals surface area contributed by atoms with Gasteiger partial charge in [0.2, 0.25) is 5.76 Å². The molecule has 0 atom stereocenters. The summed E-state index contributed by atoms with van der Waals surface area (Å²) in [6, 6.07) is 14.5. The van der Waals surface area contributed by atoms with Crippen molar-refractivity contribution in [1.29, 1.82) is 0 Å². The number of benzene rings is 1. The predicted molar refractivity (Wildman–Crippen MR) is 112 cm³/mol. The highest BCUT2D eigenvalue weighted by atomic mass is 16.5. The van der Waals surface area contributed by atoms with Gasteiger partial charge in [-0.05, 0) is 44.2 Å². The topological polar surface area (TPSA) is 104 Å². The molecule has 0 radical (unpaired) electrons. The lowest BCUT2D eigenvalue weighted by molar-refractivity contribution is -0.119. The number of furan rings is 1. The molecule has 0 aliphatic heterocycles. The zero-order chi connectivity index (χ0) is 21.8. The number of aromatic nitrogens is 4. The van der Waals surface area contributed by atoms with Gasteiger partial charge in [0.1, 0.15) is 11.6 Å². The van der Waals surface area contributed by atoms with E-state index in [9.17, 15) is 9.59 Å². The van der Waals surface area contributed by atoms with Crippen molar-refractivity contribution in [3.05, 3.63) is 83.7 Å². The molecule has 0 fully saturated rings. The minimum absolute atomic E-state index is 0.0236. The van der Waals surface area contributed by atoms with Crippen LogP contribution in [0.3, 0.4) is 0 Å². The van der Waals surface area contributed by atoms with E-state index in [0.717, 1.165) is 16.9 Å². The lowest BCUT2D eigenvalue weighted by atomic mass is 10.2. The summed E-state index contributed by atoms with van der Waals surface area (Å²) >= 11 is 0. The Morgan fingerprint density at radius 1 is 1.13 bits per heavy atom. The number of nitrogens with zero attached hydrogens (tertiary/aromatic N) is 4. The van der Waals surface area contributed by atoms with Crippen LogP contribution in [0.5, 0.6) is 0 Å². The van der Waals surface area contributed by atoms with Crippen LogP contribution >= 0.6 is 0 Å². The third kappa shape index (κ3) is 4.89. The van der Waals surface area contributed by atoms with Crippen molar-refractivity contribution in [3.63, 3.8) is 0 Å². The van der Waals surface area contributed by atoms with Gasteiger partial charge in [0.15, 0.2) is 6.61 Å². The Hall–Kier alpha value is -4.14. The van der Waals surface area contributed by atoms with Crippen molar-refractivity contribution >= 4 is 17.7 Å². The molecule has 0 bridgehead atoms. The molecule has 9 nitrogen and oxygen atoms in total. The summed E-state index contributed by atoms with van der Waals surface area (Å²) in [5, 5.41) is 11.2. The molecule has 3 heterocycles. The lowest BCUT2D eigenvalue weighted by Crippen LogP contribution is -2.22. The van der Waals surface area contributed by atoms with Gasteiger partial charge >= 0.3 is 5.97 Å². The lowest BCUT2D eigenvalue weighted by Gasteiger charge is -2.09. The maximum atomic E-state index is 12.3. The Morgan fingerprint density at radius 2 is 1.94 bits per heavy atom. The van der Waals surface area contributed by atoms with Gasteiger partial charge in [0.05, 0.1) is 17.9 Å². The molecule has 31 heavy (non-hydrogen) atoms. The van der Waals surface area contributed by atoms with E-state index in [2.05, 4.69) is 15.5 Å². The van der Waals surface area contributed by atoms with Gasteiger partial charge in [-0.2, -0.15) is 10.2 Å². The second-order valence-corrected chi connectivity index (χ2v) is 7.01. The van der Waals surface area contributed by atoms with E-state index < -0.39 is 18.5 Å². The number of rotatable bonds is 7. The van der Waals surface area contributed by atoms with E-state index in [4.69, 9.17) is 9.15 Å². The summed E-state index contributed by atoms with van der Waals surface area (Å²) in [7, 11) is 0. The molecule has 9 heteroatoms. The average Bonchev–Trinajstić information content (AvgIpc) is 3.49. The van der Waals surface area contributed by atoms with Crippen molar-refractivity contribution < 1.29 is 18.7 Å². The standard InChI is InChI=1S/C22H21N5O4/c1-15-4-6-17(7-5-15)27-20(12-16(2)25-27)24-21(28)14-30-22(29)19-9-8-18(31-19)13-26-11-3-10-23-26/h3-12H,13-14H2,1-2H3,(H,24,28). The highest BCUT2D eigenvalue weighted by Crippen LogP contribution is 2.18. The van der Waals surface area contributed by atoms with E-state index in [-0.39, 0.29) is 5.76 Å². The summed E-state index contributed by atoms with van der Waals surface area (Å²) in [5.74, 6) is -0.134. The van der Waals surface area contributed by atoms with Crippen LogP contribution in [0.2, 0.25) is 0 Å². The fraction of sp³-hybridized carbons (Fsp3) is 0.182. The molecule has 0 spiro atoms. The molecule has 1 N–H and O–H groups in total. The van der Waals surface area contributed by atoms with Crippen LogP contribution < -0.4 is 5.32 Å². The summed E-state index contributed by atoms with van der Waals surface area (Å²) < 4.78 is 13.9. The minimum Gasteiger partial charge on any atom is -0.452 e. The van der Waals surface area contributed by atoms with Gasteiger partial charge in [-0.15, -0.1) is 0 Å². The van der Waals surface area contributed by atoms with Gasteiger partial charge in [0.25, 0.3) is 5.91 Å². The molecule has 0 unspecified atom stereocenters. The van der Waals surface area contributed by atoms with E-state index in [1.54, 1.807) is 40.0 Å². The molecule has 1 amide bonds. The van der Waals surface area contributed by atoms with Crippen LogP contribution in [0.25, 0.3) is 5.69 Å². The minimum atomic E-state index is -0.718. The molecular formula is C22H21N5O4. The number of aryl methyl sites for hydroxylation is 2. The van der Waals surface area contributed by atoms with Crippen molar-refractivity contribution in [2.45, 2.75) is 20.4 Å². The number of esters is 1. The van der Waals surface area contributed by atoms with Gasteiger partial charge in [-0.25, -0.2) is 9.48 Å². The third-order valence-electron chi connectivity index (χ3n) is 4.45. The summed E-state index contributed by atoms with van der Waals surface area (Å²) in [5.41, 5.74) is 2.68. The number of hydrogen-bond donors (Lipinski definition) is 1. The third-order valence-corrected chi connectivity index (χ3v) is 4.45. The Labute approximate surface area is 178 Å². The normalized spacial score (nSPS) is 10.8. The van der Waals surface area contributed by atoms with Crippen LogP contribution in [-0.2, 0) is 16.1 Å². The monoisotopic (exact) mass is 419 g/mol. The van der Waals surface area contributed by atoms with Crippen LogP contribution in [-0.4, -0.2) is 38.0 Å². The Balaban J connectivity index is 1.35. The zero-order valence-electron chi connectivity index (χ0n) is 17.1. The average molecular weight is 419 g/mol. The van der Waals surface area contributed by atoms with E-state index in [0.29, 0.717) is 18.1 Å². The van der Waals surface area contributed by atoms with Crippen molar-refractivity contribution in [2.24, 2.45) is 0 Å². The molecule has 4 aromatic rings. The number of anilines is 1. The van der Waals surface area contributed by atoms with E-state index in [1.807, 2.05) is 38.1 Å².